The Kier molecular flexibility index (Phi) is 2.03. The lowest BCUT2D eigenvalue weighted by atomic mass is 10.1. The molecule has 0 spiro atoms. The van der Waals surface area contributed by atoms with Gasteiger partial charge in [-0.2, -0.15) is 0 Å². The summed E-state index contributed by atoms with van der Waals surface area (Å²) in [6.45, 7) is 0.552. The van der Waals surface area contributed by atoms with E-state index in [1.807, 2.05) is 36.4 Å². The predicted molar refractivity (Wildman–Crippen MR) is 74.5 cm³/mol. The van der Waals surface area contributed by atoms with Gasteiger partial charge in [0.15, 0.2) is 0 Å². The van der Waals surface area contributed by atoms with Gasteiger partial charge in [0.1, 0.15) is 23.5 Å². The summed E-state index contributed by atoms with van der Waals surface area (Å²) in [7, 11) is 0. The van der Waals surface area contributed by atoms with Gasteiger partial charge >= 0.3 is 0 Å². The molecule has 2 aromatic carbocycles. The van der Waals surface area contributed by atoms with Gasteiger partial charge in [-0.25, -0.2) is 0 Å². The van der Waals surface area contributed by atoms with Crippen molar-refractivity contribution in [2.75, 3.05) is 6.61 Å². The molecule has 0 amide bonds. The Labute approximate surface area is 108 Å². The summed E-state index contributed by atoms with van der Waals surface area (Å²) >= 11 is 0. The fourth-order valence-corrected chi connectivity index (χ4v) is 2.46. The molecule has 0 fully saturated rings. The molecule has 4 rings (SSSR count). The van der Waals surface area contributed by atoms with Crippen molar-refractivity contribution >= 4 is 28.0 Å². The Balaban J connectivity index is 2.25. The van der Waals surface area contributed by atoms with Crippen molar-refractivity contribution in [2.24, 2.45) is 0 Å². The zero-order chi connectivity index (χ0) is 12.8. The smallest absolute Gasteiger partial charge is 0.200 e. The predicted octanol–water partition coefficient (Wildman–Crippen LogP) is 3.35. The summed E-state index contributed by atoms with van der Waals surface area (Å²) in [5, 5.41) is 1.20. The lowest BCUT2D eigenvalue weighted by Gasteiger charge is -2.13. The highest BCUT2D eigenvalue weighted by atomic mass is 16.5. The fourth-order valence-electron chi connectivity index (χ4n) is 2.46. The van der Waals surface area contributed by atoms with E-state index in [2.05, 4.69) is 0 Å². The summed E-state index contributed by atoms with van der Waals surface area (Å²) in [5.41, 5.74) is 2.04. The number of hydrogen-bond donors (Lipinski definition) is 0. The van der Waals surface area contributed by atoms with Gasteiger partial charge in [0.2, 0.25) is 5.43 Å². The third-order valence-electron chi connectivity index (χ3n) is 3.36. The molecule has 1 aromatic heterocycles. The van der Waals surface area contributed by atoms with Crippen molar-refractivity contribution in [3.8, 4) is 5.75 Å². The van der Waals surface area contributed by atoms with Crippen molar-refractivity contribution < 1.29 is 9.15 Å². The van der Waals surface area contributed by atoms with Crippen molar-refractivity contribution in [1.29, 1.82) is 0 Å². The van der Waals surface area contributed by atoms with Gasteiger partial charge in [0.25, 0.3) is 0 Å². The van der Waals surface area contributed by atoms with E-state index < -0.39 is 0 Å². The molecule has 3 aromatic rings. The Bertz CT molecular complexity index is 888. The van der Waals surface area contributed by atoms with Gasteiger partial charge < -0.3 is 9.15 Å². The van der Waals surface area contributed by atoms with Crippen LogP contribution in [0.4, 0.5) is 0 Å². The van der Waals surface area contributed by atoms with Crippen LogP contribution in [0.5, 0.6) is 5.75 Å². The molecule has 2 heterocycles. The normalized spacial score (nSPS) is 13.5. The zero-order valence-electron chi connectivity index (χ0n) is 10.1. The number of benzene rings is 2. The van der Waals surface area contributed by atoms with Crippen molar-refractivity contribution in [2.45, 2.75) is 0 Å². The summed E-state index contributed by atoms with van der Waals surface area (Å²) in [6.07, 6.45) is 3.86. The van der Waals surface area contributed by atoms with Gasteiger partial charge in [0.05, 0.1) is 16.3 Å². The first-order chi connectivity index (χ1) is 9.34. The Hall–Kier alpha value is -2.55. The number of para-hydroxylation sites is 1. The minimum absolute atomic E-state index is 0.00127. The minimum Gasteiger partial charge on any atom is -0.489 e. The summed E-state index contributed by atoms with van der Waals surface area (Å²) in [5.74, 6) is 0.758. The Morgan fingerprint density at radius 3 is 2.84 bits per heavy atom. The molecule has 0 N–H and O–H groups in total. The van der Waals surface area contributed by atoms with E-state index in [9.17, 15) is 4.79 Å². The fraction of sp³-hybridized carbons (Fsp3) is 0.0625. The first-order valence-electron chi connectivity index (χ1n) is 6.12. The maximum atomic E-state index is 12.4. The Morgan fingerprint density at radius 2 is 1.89 bits per heavy atom. The van der Waals surface area contributed by atoms with Crippen LogP contribution in [0, 0.1) is 0 Å². The average molecular weight is 250 g/mol. The summed E-state index contributed by atoms with van der Waals surface area (Å²) in [6, 6.07) is 10.9. The first-order valence-corrected chi connectivity index (χ1v) is 6.12. The topological polar surface area (TPSA) is 39.4 Å². The molecule has 0 bridgehead atoms. The third kappa shape index (κ3) is 1.41. The molecule has 3 nitrogen and oxygen atoms in total. The first kappa shape index (κ1) is 10.4. The summed E-state index contributed by atoms with van der Waals surface area (Å²) in [4.78, 5) is 12.4. The summed E-state index contributed by atoms with van der Waals surface area (Å²) < 4.78 is 11.4. The van der Waals surface area contributed by atoms with E-state index in [4.69, 9.17) is 9.15 Å². The molecular formula is C16H10O3. The van der Waals surface area contributed by atoms with Crippen LogP contribution in [0.2, 0.25) is 0 Å². The number of ether oxygens (including phenoxy) is 1. The standard InChI is InChI=1S/C16H10O3/c17-15-10-4-1-2-6-14(10)19-16-11-5-3-9-18-13(11)8-7-12(15)16/h1-8H,9H2. The molecule has 0 saturated carbocycles. The molecule has 0 atom stereocenters. The molecule has 1 aliphatic rings. The second-order valence-corrected chi connectivity index (χ2v) is 4.49. The maximum Gasteiger partial charge on any atom is 0.200 e. The van der Waals surface area contributed by atoms with E-state index in [1.54, 1.807) is 12.1 Å². The highest BCUT2D eigenvalue weighted by Crippen LogP contribution is 2.31. The molecule has 0 radical (unpaired) electrons. The molecule has 0 unspecified atom stereocenters. The number of hydrogen-bond acceptors (Lipinski definition) is 3. The average Bonchev–Trinajstić information content (AvgIpc) is 2.47. The van der Waals surface area contributed by atoms with E-state index >= 15 is 0 Å². The lowest BCUT2D eigenvalue weighted by molar-refractivity contribution is 0.358. The van der Waals surface area contributed by atoms with E-state index in [-0.39, 0.29) is 5.43 Å². The van der Waals surface area contributed by atoms with Crippen molar-refractivity contribution in [1.82, 2.24) is 0 Å². The number of rotatable bonds is 0. The van der Waals surface area contributed by atoms with E-state index in [1.165, 1.54) is 0 Å². The monoisotopic (exact) mass is 250 g/mol. The number of fused-ring (bicyclic) bond motifs is 4. The molecule has 19 heavy (non-hydrogen) atoms. The van der Waals surface area contributed by atoms with Crippen LogP contribution in [0.3, 0.4) is 0 Å². The van der Waals surface area contributed by atoms with Crippen molar-refractivity contribution in [3.05, 3.63) is 58.3 Å². The van der Waals surface area contributed by atoms with Gasteiger partial charge in [-0.15, -0.1) is 0 Å². The van der Waals surface area contributed by atoms with Crippen molar-refractivity contribution in [3.63, 3.8) is 0 Å². The highest BCUT2D eigenvalue weighted by molar-refractivity contribution is 5.95. The van der Waals surface area contributed by atoms with Crippen LogP contribution in [-0.2, 0) is 0 Å². The van der Waals surface area contributed by atoms with Crippen LogP contribution >= 0.6 is 0 Å². The van der Waals surface area contributed by atoms with Crippen LogP contribution in [-0.4, -0.2) is 6.61 Å². The second-order valence-electron chi connectivity index (χ2n) is 4.49. The second kappa shape index (κ2) is 3.72. The van der Waals surface area contributed by atoms with E-state index in [0.717, 1.165) is 11.3 Å². The maximum absolute atomic E-state index is 12.4. The SMILES string of the molecule is O=c1c2ccccc2oc2c3c(ccc12)OCC=C3. The third-order valence-corrected chi connectivity index (χ3v) is 3.36. The Morgan fingerprint density at radius 1 is 1.00 bits per heavy atom. The molecular weight excluding hydrogens is 240 g/mol. The minimum atomic E-state index is -0.00127. The quantitative estimate of drug-likeness (QED) is 0.574. The lowest BCUT2D eigenvalue weighted by Crippen LogP contribution is -2.05. The van der Waals surface area contributed by atoms with Gasteiger partial charge in [0, 0.05) is 0 Å². The van der Waals surface area contributed by atoms with Crippen LogP contribution in [0.25, 0.3) is 28.0 Å². The molecule has 0 aliphatic carbocycles. The molecule has 1 aliphatic heterocycles. The van der Waals surface area contributed by atoms with Gasteiger partial charge in [-0.1, -0.05) is 12.1 Å². The zero-order valence-corrected chi connectivity index (χ0v) is 10.1. The highest BCUT2D eigenvalue weighted by Gasteiger charge is 2.15. The van der Waals surface area contributed by atoms with Crippen LogP contribution in [0.1, 0.15) is 5.56 Å². The largest absolute Gasteiger partial charge is 0.489 e. The van der Waals surface area contributed by atoms with Gasteiger partial charge in [-0.3, -0.25) is 4.79 Å². The van der Waals surface area contributed by atoms with Gasteiger partial charge in [-0.05, 0) is 36.4 Å². The van der Waals surface area contributed by atoms with Crippen LogP contribution < -0.4 is 10.2 Å². The molecule has 3 heteroatoms. The van der Waals surface area contributed by atoms with E-state index in [0.29, 0.717) is 28.5 Å². The molecule has 92 valence electrons. The molecule has 0 saturated heterocycles. The van der Waals surface area contributed by atoms with Crippen LogP contribution in [0.15, 0.2) is 51.7 Å².